The van der Waals surface area contributed by atoms with Gasteiger partial charge in [0.25, 0.3) is 11.8 Å². The Morgan fingerprint density at radius 1 is 0.880 bits per heavy atom. The van der Waals surface area contributed by atoms with E-state index >= 15 is 0 Å². The SMILES string of the molecule is COc1c(OC)c(C(=O)NN)c(-c2ccccc2)c(OC)c1C(N)=O. The average Bonchev–Trinajstić information content (AvgIpc) is 2.65. The van der Waals surface area contributed by atoms with Crippen molar-refractivity contribution in [2.75, 3.05) is 21.3 Å². The molecule has 0 aliphatic heterocycles. The van der Waals surface area contributed by atoms with E-state index in [0.29, 0.717) is 11.1 Å². The van der Waals surface area contributed by atoms with Crippen molar-refractivity contribution in [1.82, 2.24) is 5.43 Å². The number of carbonyl (C=O) groups excluding carboxylic acids is 2. The van der Waals surface area contributed by atoms with Gasteiger partial charge >= 0.3 is 0 Å². The molecule has 8 heteroatoms. The standard InChI is InChI=1S/C17H19N3O5/c1-23-13-10(9-7-5-4-6-8-9)11(17(22)20-19)14(24-2)15(25-3)12(13)16(18)21/h4-8H,19H2,1-3H3,(H2,18,21)(H,20,22). The van der Waals surface area contributed by atoms with Crippen LogP contribution in [0.3, 0.4) is 0 Å². The van der Waals surface area contributed by atoms with E-state index < -0.39 is 11.8 Å². The van der Waals surface area contributed by atoms with Crippen LogP contribution in [-0.4, -0.2) is 33.1 Å². The molecule has 0 saturated carbocycles. The quantitative estimate of drug-likeness (QED) is 0.409. The zero-order valence-electron chi connectivity index (χ0n) is 14.1. The maximum absolute atomic E-state index is 12.5. The molecule has 0 aliphatic carbocycles. The summed E-state index contributed by atoms with van der Waals surface area (Å²) in [6, 6.07) is 8.87. The molecule has 2 amide bonds. The molecule has 0 spiro atoms. The van der Waals surface area contributed by atoms with Crippen LogP contribution in [0.5, 0.6) is 17.2 Å². The number of rotatable bonds is 6. The van der Waals surface area contributed by atoms with Crippen molar-refractivity contribution in [2.24, 2.45) is 11.6 Å². The molecule has 0 saturated heterocycles. The number of hydrazine groups is 1. The first-order chi connectivity index (χ1) is 12.0. The van der Waals surface area contributed by atoms with E-state index in [1.165, 1.54) is 21.3 Å². The molecule has 25 heavy (non-hydrogen) atoms. The third-order valence-electron chi connectivity index (χ3n) is 3.64. The van der Waals surface area contributed by atoms with E-state index in [2.05, 4.69) is 5.43 Å². The monoisotopic (exact) mass is 345 g/mol. The van der Waals surface area contributed by atoms with Crippen molar-refractivity contribution in [3.8, 4) is 28.4 Å². The van der Waals surface area contributed by atoms with Crippen LogP contribution < -0.4 is 31.2 Å². The molecule has 2 aromatic carbocycles. The number of hydrogen-bond acceptors (Lipinski definition) is 6. The third-order valence-corrected chi connectivity index (χ3v) is 3.64. The lowest BCUT2D eigenvalue weighted by Crippen LogP contribution is -2.31. The number of benzene rings is 2. The summed E-state index contributed by atoms with van der Waals surface area (Å²) in [6.07, 6.45) is 0. The summed E-state index contributed by atoms with van der Waals surface area (Å²) in [6.45, 7) is 0. The molecule has 8 nitrogen and oxygen atoms in total. The minimum absolute atomic E-state index is 0.00914. The fraction of sp³-hybridized carbons (Fsp3) is 0.176. The number of hydrogen-bond donors (Lipinski definition) is 3. The van der Waals surface area contributed by atoms with Crippen LogP contribution in [-0.2, 0) is 0 Å². The first-order valence-electron chi connectivity index (χ1n) is 7.23. The lowest BCUT2D eigenvalue weighted by atomic mass is 9.93. The highest BCUT2D eigenvalue weighted by Crippen LogP contribution is 2.48. The molecular weight excluding hydrogens is 326 g/mol. The lowest BCUT2D eigenvalue weighted by molar-refractivity contribution is 0.0945. The molecule has 2 aromatic rings. The number of nitrogens with two attached hydrogens (primary N) is 2. The molecule has 5 N–H and O–H groups in total. The van der Waals surface area contributed by atoms with E-state index in [4.69, 9.17) is 25.8 Å². The highest BCUT2D eigenvalue weighted by Gasteiger charge is 2.32. The van der Waals surface area contributed by atoms with E-state index in [9.17, 15) is 9.59 Å². The van der Waals surface area contributed by atoms with E-state index in [0.717, 1.165) is 0 Å². The van der Waals surface area contributed by atoms with Gasteiger partial charge in [0.15, 0.2) is 11.5 Å². The molecule has 0 bridgehead atoms. The highest BCUT2D eigenvalue weighted by molar-refractivity contribution is 6.11. The summed E-state index contributed by atoms with van der Waals surface area (Å²) >= 11 is 0. The average molecular weight is 345 g/mol. The molecule has 0 fully saturated rings. The normalized spacial score (nSPS) is 10.1. The summed E-state index contributed by atoms with van der Waals surface area (Å²) < 4.78 is 16.0. The Morgan fingerprint density at radius 3 is 1.84 bits per heavy atom. The Labute approximate surface area is 144 Å². The van der Waals surface area contributed by atoms with Gasteiger partial charge in [-0.25, -0.2) is 5.84 Å². The molecule has 0 heterocycles. The smallest absolute Gasteiger partial charge is 0.269 e. The van der Waals surface area contributed by atoms with Gasteiger partial charge in [0.1, 0.15) is 11.3 Å². The first kappa shape index (κ1) is 18.1. The molecular formula is C17H19N3O5. The summed E-state index contributed by atoms with van der Waals surface area (Å²) in [5, 5.41) is 0. The van der Waals surface area contributed by atoms with Crippen LogP contribution >= 0.6 is 0 Å². The van der Waals surface area contributed by atoms with Crippen molar-refractivity contribution in [3.63, 3.8) is 0 Å². The number of nitrogens with one attached hydrogen (secondary N) is 1. The van der Waals surface area contributed by atoms with Gasteiger partial charge in [0.2, 0.25) is 0 Å². The van der Waals surface area contributed by atoms with E-state index in [1.807, 2.05) is 6.07 Å². The zero-order chi connectivity index (χ0) is 18.6. The number of ether oxygens (including phenoxy) is 3. The van der Waals surface area contributed by atoms with Gasteiger partial charge < -0.3 is 19.9 Å². The summed E-state index contributed by atoms with van der Waals surface area (Å²) in [4.78, 5) is 24.5. The number of nitrogen functional groups attached to an aromatic ring is 1. The summed E-state index contributed by atoms with van der Waals surface area (Å²) in [5.41, 5.74) is 8.55. The Kier molecular flexibility index (Phi) is 5.45. The second-order valence-corrected chi connectivity index (χ2v) is 4.93. The van der Waals surface area contributed by atoms with Crippen LogP contribution in [0, 0.1) is 0 Å². The van der Waals surface area contributed by atoms with Gasteiger partial charge in [0, 0.05) is 5.56 Å². The minimum Gasteiger partial charge on any atom is -0.495 e. The summed E-state index contributed by atoms with van der Waals surface area (Å²) in [5.74, 6) is 4.01. The fourth-order valence-electron chi connectivity index (χ4n) is 2.67. The second kappa shape index (κ2) is 7.54. The maximum Gasteiger partial charge on any atom is 0.269 e. The number of primary amides is 1. The van der Waals surface area contributed by atoms with Crippen LogP contribution in [0.4, 0.5) is 0 Å². The van der Waals surface area contributed by atoms with Crippen molar-refractivity contribution >= 4 is 11.8 Å². The highest BCUT2D eigenvalue weighted by atomic mass is 16.5. The van der Waals surface area contributed by atoms with Gasteiger partial charge in [0.05, 0.1) is 26.9 Å². The predicted molar refractivity (Wildman–Crippen MR) is 91.7 cm³/mol. The van der Waals surface area contributed by atoms with Crippen molar-refractivity contribution in [3.05, 3.63) is 41.5 Å². The predicted octanol–water partition coefficient (Wildman–Crippen LogP) is 1.08. The van der Waals surface area contributed by atoms with E-state index in [-0.39, 0.29) is 28.4 Å². The van der Waals surface area contributed by atoms with Gasteiger partial charge in [-0.05, 0) is 5.56 Å². The third kappa shape index (κ3) is 3.07. The minimum atomic E-state index is -0.788. The Morgan fingerprint density at radius 2 is 1.40 bits per heavy atom. The Balaban J connectivity index is 3.08. The second-order valence-electron chi connectivity index (χ2n) is 4.93. The topological polar surface area (TPSA) is 126 Å². The Hall–Kier alpha value is -3.26. The number of amides is 2. The van der Waals surface area contributed by atoms with E-state index in [1.54, 1.807) is 24.3 Å². The van der Waals surface area contributed by atoms with Crippen LogP contribution in [0.15, 0.2) is 30.3 Å². The summed E-state index contributed by atoms with van der Waals surface area (Å²) in [7, 11) is 4.04. The number of methoxy groups -OCH3 is 3. The molecule has 132 valence electrons. The lowest BCUT2D eigenvalue weighted by Gasteiger charge is -2.22. The van der Waals surface area contributed by atoms with Crippen LogP contribution in [0.2, 0.25) is 0 Å². The van der Waals surface area contributed by atoms with Crippen LogP contribution in [0.1, 0.15) is 20.7 Å². The fourth-order valence-corrected chi connectivity index (χ4v) is 2.67. The Bertz CT molecular complexity index is 806. The van der Waals surface area contributed by atoms with Crippen molar-refractivity contribution < 1.29 is 23.8 Å². The van der Waals surface area contributed by atoms with Gasteiger partial charge in [-0.1, -0.05) is 30.3 Å². The molecule has 0 aliphatic rings. The first-order valence-corrected chi connectivity index (χ1v) is 7.23. The zero-order valence-corrected chi connectivity index (χ0v) is 14.1. The van der Waals surface area contributed by atoms with Crippen LogP contribution in [0.25, 0.3) is 11.1 Å². The van der Waals surface area contributed by atoms with Crippen molar-refractivity contribution in [2.45, 2.75) is 0 Å². The molecule has 2 rings (SSSR count). The molecule has 0 radical (unpaired) electrons. The maximum atomic E-state index is 12.5. The number of carbonyl (C=O) groups is 2. The largest absolute Gasteiger partial charge is 0.495 e. The molecule has 0 unspecified atom stereocenters. The van der Waals surface area contributed by atoms with Gasteiger partial charge in [-0.15, -0.1) is 0 Å². The van der Waals surface area contributed by atoms with Gasteiger partial charge in [-0.2, -0.15) is 0 Å². The molecule has 0 atom stereocenters. The van der Waals surface area contributed by atoms with Crippen molar-refractivity contribution in [1.29, 1.82) is 0 Å². The van der Waals surface area contributed by atoms with Gasteiger partial charge in [-0.3, -0.25) is 15.0 Å². The molecule has 0 aromatic heterocycles.